The maximum atomic E-state index is 5.01. The van der Waals surface area contributed by atoms with Crippen LogP contribution in [-0.2, 0) is 17.1 Å². The third-order valence-electron chi connectivity index (χ3n) is 7.54. The number of nitrogens with one attached hydrogen (secondary N) is 1. The average Bonchev–Trinajstić information content (AvgIpc) is 3.87. The van der Waals surface area contributed by atoms with Crippen LogP contribution in [0.25, 0.3) is 21.5 Å². The Hall–Kier alpha value is -5.11. The number of anilines is 1. The molecule has 4 aromatic carbocycles. The van der Waals surface area contributed by atoms with E-state index in [1.165, 1.54) is 0 Å². The van der Waals surface area contributed by atoms with E-state index in [2.05, 4.69) is 11.4 Å². The van der Waals surface area contributed by atoms with Crippen molar-refractivity contribution < 1.29 is 17.1 Å². The van der Waals surface area contributed by atoms with Crippen LogP contribution in [0.4, 0.5) is 11.6 Å². The summed E-state index contributed by atoms with van der Waals surface area (Å²) < 4.78 is 0. The van der Waals surface area contributed by atoms with E-state index in [-0.39, 0.29) is 23.2 Å². The molecule has 1 unspecified atom stereocenters. The molecule has 0 saturated carbocycles. The molecule has 0 saturated heterocycles. The molecule has 239 valence electrons. The van der Waals surface area contributed by atoms with Crippen molar-refractivity contribution in [2.24, 2.45) is 25.0 Å². The Kier molecular flexibility index (Phi) is 10.3. The van der Waals surface area contributed by atoms with Crippen molar-refractivity contribution in [3.63, 3.8) is 0 Å². The molecule has 8 bridgehead atoms. The third-order valence-corrected chi connectivity index (χ3v) is 7.54. The minimum absolute atomic E-state index is 0. The van der Waals surface area contributed by atoms with Crippen LogP contribution in [0.2, 0.25) is 0 Å². The summed E-state index contributed by atoms with van der Waals surface area (Å²) in [4.78, 5) is 34.7. The second-order valence-corrected chi connectivity index (χ2v) is 9.86. The van der Waals surface area contributed by atoms with Gasteiger partial charge in [0.2, 0.25) is 0 Å². The summed E-state index contributed by atoms with van der Waals surface area (Å²) >= 11 is 0. The quantitative estimate of drug-likeness (QED) is 0.168. The molecule has 8 nitrogen and oxygen atoms in total. The van der Waals surface area contributed by atoms with Crippen LogP contribution in [0.1, 0.15) is 70.0 Å². The van der Waals surface area contributed by atoms with Gasteiger partial charge >= 0.3 is 17.1 Å². The molecule has 1 atom stereocenters. The molecule has 3 aliphatic heterocycles. The molecule has 47 heavy (non-hydrogen) atoms. The van der Waals surface area contributed by atoms with Crippen molar-refractivity contribution in [3.05, 3.63) is 130 Å². The standard InChI is InChI=1S/C32H18N8.3C2H6.Cu/c1-2-10-18-17(9-1)25-33-26(18)38-28-21-13-5-6-14-22(21)30(35-28)40-32-24-16-8-7-15-23(24)31(36-32)39-29-20-12-4-3-11-19(20)27(34-29)37-25;3*1-2;/h1-16,25,37H;3*1-2H3;/q-2;;;;+2. The van der Waals surface area contributed by atoms with Gasteiger partial charge in [0, 0.05) is 39.3 Å². The number of aliphatic imine (C=N–C) groups is 3. The molecule has 1 radical (unpaired) electrons. The first-order valence-electron chi connectivity index (χ1n) is 16.1. The van der Waals surface area contributed by atoms with Gasteiger partial charge in [0.05, 0.1) is 17.5 Å². The molecule has 0 aliphatic carbocycles. The Morgan fingerprint density at radius 3 is 1.62 bits per heavy atom. The van der Waals surface area contributed by atoms with Crippen molar-refractivity contribution in [2.45, 2.75) is 47.7 Å². The second kappa shape index (κ2) is 14.5. The first kappa shape index (κ1) is 33.3. The van der Waals surface area contributed by atoms with E-state index in [1.54, 1.807) is 0 Å². The number of rotatable bonds is 0. The summed E-state index contributed by atoms with van der Waals surface area (Å²) in [6.07, 6.45) is -0.358. The van der Waals surface area contributed by atoms with Gasteiger partial charge in [-0.1, -0.05) is 139 Å². The van der Waals surface area contributed by atoms with Crippen molar-refractivity contribution in [1.29, 1.82) is 0 Å². The van der Waals surface area contributed by atoms with Gasteiger partial charge in [0.1, 0.15) is 6.17 Å². The summed E-state index contributed by atoms with van der Waals surface area (Å²) in [5.41, 5.74) is 4.95. The molecule has 2 aromatic heterocycles. The average molecular weight is 668 g/mol. The van der Waals surface area contributed by atoms with Crippen LogP contribution in [0.15, 0.2) is 122 Å². The van der Waals surface area contributed by atoms with Gasteiger partial charge in [-0.3, -0.25) is 4.99 Å². The van der Waals surface area contributed by atoms with E-state index in [9.17, 15) is 0 Å². The van der Waals surface area contributed by atoms with Crippen molar-refractivity contribution in [2.75, 3.05) is 5.32 Å². The molecule has 9 rings (SSSR count). The summed E-state index contributed by atoms with van der Waals surface area (Å²) in [6.45, 7) is 12.0. The van der Waals surface area contributed by atoms with E-state index in [0.29, 0.717) is 40.1 Å². The predicted molar refractivity (Wildman–Crippen MR) is 189 cm³/mol. The molecular formula is C38H36CuN8. The van der Waals surface area contributed by atoms with Gasteiger partial charge in [0.25, 0.3) is 0 Å². The maximum absolute atomic E-state index is 5.01. The fourth-order valence-corrected chi connectivity index (χ4v) is 5.66. The minimum atomic E-state index is -0.358. The smallest absolute Gasteiger partial charge is 0.416 e. The van der Waals surface area contributed by atoms with Crippen LogP contribution in [0, 0.1) is 0 Å². The van der Waals surface area contributed by atoms with Gasteiger partial charge in [0.15, 0.2) is 0 Å². The van der Waals surface area contributed by atoms with Crippen LogP contribution in [0.5, 0.6) is 0 Å². The summed E-state index contributed by atoms with van der Waals surface area (Å²) in [5.74, 6) is 3.07. The van der Waals surface area contributed by atoms with Crippen LogP contribution >= 0.6 is 0 Å². The molecule has 3 aliphatic rings. The zero-order valence-electron chi connectivity index (χ0n) is 27.2. The van der Waals surface area contributed by atoms with Crippen LogP contribution < -0.4 is 26.3 Å². The van der Waals surface area contributed by atoms with Gasteiger partial charge < -0.3 is 30.3 Å². The van der Waals surface area contributed by atoms with Crippen LogP contribution in [0.3, 0.4) is 0 Å². The summed E-state index contributed by atoms with van der Waals surface area (Å²) in [7, 11) is 0. The first-order valence-corrected chi connectivity index (χ1v) is 16.1. The number of aromatic nitrogens is 2. The van der Waals surface area contributed by atoms with E-state index in [1.807, 2.05) is 133 Å². The number of hydrogen-bond donors (Lipinski definition) is 1. The van der Waals surface area contributed by atoms with Gasteiger partial charge in [-0.2, -0.15) is 0 Å². The predicted octanol–water partition coefficient (Wildman–Crippen LogP) is 7.65. The number of benzene rings is 4. The van der Waals surface area contributed by atoms with Crippen molar-refractivity contribution >= 4 is 50.7 Å². The SMILES string of the molecule is CC.CC.CC.[Cu+2].c1ccc2c(c1)C1=NC2=Nc2[n-]c(c3ccccc23)NC2N=C(N=c3[n-]c(c4ccccc34)=N1)c1ccccc12. The monoisotopic (exact) mass is 667 g/mol. The van der Waals surface area contributed by atoms with Crippen LogP contribution in [-0.4, -0.2) is 17.5 Å². The summed E-state index contributed by atoms with van der Waals surface area (Å²) in [5, 5.41) is 7.30. The fourth-order valence-electron chi connectivity index (χ4n) is 5.66. The molecule has 1 N–H and O–H groups in total. The molecule has 6 aromatic rings. The zero-order valence-corrected chi connectivity index (χ0v) is 28.2. The maximum Gasteiger partial charge on any atom is 2.00 e. The van der Waals surface area contributed by atoms with E-state index >= 15 is 0 Å². The fraction of sp³-hybridized carbons (Fsp3) is 0.184. The number of hydrogen-bond acceptors (Lipinski definition) is 6. The van der Waals surface area contributed by atoms with Crippen molar-refractivity contribution in [1.82, 2.24) is 9.97 Å². The molecular weight excluding hydrogens is 632 g/mol. The second-order valence-electron chi connectivity index (χ2n) is 9.86. The third kappa shape index (κ3) is 5.84. The molecule has 0 amide bonds. The first-order chi connectivity index (χ1) is 22.8. The van der Waals surface area contributed by atoms with Gasteiger partial charge in [-0.15, -0.1) is 0 Å². The zero-order chi connectivity index (χ0) is 32.2. The Labute approximate surface area is 285 Å². The molecule has 0 spiro atoms. The number of amidine groups is 3. The minimum Gasteiger partial charge on any atom is -0.416 e. The Bertz CT molecular complexity index is 2270. The van der Waals surface area contributed by atoms with Crippen molar-refractivity contribution in [3.8, 4) is 0 Å². The number of fused-ring (bicyclic) bond motifs is 18. The molecule has 0 fully saturated rings. The Balaban J connectivity index is 0.000000589. The molecule has 9 heteroatoms. The van der Waals surface area contributed by atoms with E-state index in [0.717, 1.165) is 43.8 Å². The van der Waals surface area contributed by atoms with E-state index in [4.69, 9.17) is 34.9 Å². The van der Waals surface area contributed by atoms with Gasteiger partial charge in [-0.05, 0) is 27.1 Å². The normalized spacial score (nSPS) is 14.7. The topological polar surface area (TPSA) is 102 Å². The van der Waals surface area contributed by atoms with E-state index < -0.39 is 0 Å². The molecule has 5 heterocycles. The number of nitrogens with zero attached hydrogens (tertiary/aromatic N) is 7. The summed E-state index contributed by atoms with van der Waals surface area (Å²) in [6, 6.07) is 32.2. The Morgan fingerprint density at radius 1 is 0.489 bits per heavy atom. The largest absolute Gasteiger partial charge is 2.00 e. The Morgan fingerprint density at radius 2 is 0.979 bits per heavy atom. The van der Waals surface area contributed by atoms with Gasteiger partial charge in [-0.25, -0.2) is 4.99 Å².